The molecule has 7 heteroatoms. The van der Waals surface area contributed by atoms with Gasteiger partial charge in [-0.2, -0.15) is 0 Å². The zero-order valence-corrected chi connectivity index (χ0v) is 28.1. The summed E-state index contributed by atoms with van der Waals surface area (Å²) in [7, 11) is 0. The first-order valence-electron chi connectivity index (χ1n) is 14.1. The first-order valence-corrected chi connectivity index (χ1v) is 18.7. The molecule has 0 aliphatic carbocycles. The second-order valence-electron chi connectivity index (χ2n) is 10.5. The molecule has 0 saturated heterocycles. The van der Waals surface area contributed by atoms with Crippen LogP contribution in [-0.4, -0.2) is 58.1 Å². The monoisotopic (exact) mass is 638 g/mol. The summed E-state index contributed by atoms with van der Waals surface area (Å²) >= 11 is 4.84. The van der Waals surface area contributed by atoms with E-state index in [9.17, 15) is 9.59 Å². The molecule has 0 fully saturated rings. The van der Waals surface area contributed by atoms with Gasteiger partial charge in [-0.15, -0.1) is 0 Å². The van der Waals surface area contributed by atoms with Crippen molar-refractivity contribution in [3.8, 4) is 0 Å². The van der Waals surface area contributed by atoms with E-state index in [-0.39, 0.29) is 11.9 Å². The Morgan fingerprint density at radius 3 is 1.86 bits per heavy atom. The first kappa shape index (κ1) is 35.4. The zero-order valence-electron chi connectivity index (χ0n) is 23.5. The minimum atomic E-state index is -1.59. The van der Waals surface area contributed by atoms with Crippen LogP contribution in [-0.2, 0) is 19.1 Å². The van der Waals surface area contributed by atoms with Crippen LogP contribution in [0.3, 0.4) is 0 Å². The van der Waals surface area contributed by atoms with E-state index in [1.807, 2.05) is 0 Å². The molecule has 35 heavy (non-hydrogen) atoms. The number of unbranched alkanes of at least 4 members (excludes halogenated alkanes) is 6. The van der Waals surface area contributed by atoms with Gasteiger partial charge in [0.2, 0.25) is 0 Å². The van der Waals surface area contributed by atoms with Crippen LogP contribution in [0.4, 0.5) is 0 Å². The van der Waals surface area contributed by atoms with E-state index < -0.39 is 27.2 Å². The summed E-state index contributed by atoms with van der Waals surface area (Å²) in [5, 5.41) is 0. The van der Waals surface area contributed by atoms with E-state index in [1.165, 1.54) is 25.7 Å². The van der Waals surface area contributed by atoms with Crippen molar-refractivity contribution < 1.29 is 19.1 Å². The maximum absolute atomic E-state index is 13.5. The number of rotatable bonds is 23. The van der Waals surface area contributed by atoms with Crippen molar-refractivity contribution in [2.24, 2.45) is 11.8 Å². The van der Waals surface area contributed by atoms with Crippen LogP contribution in [0.15, 0.2) is 0 Å². The topological polar surface area (TPSA) is 52.6 Å². The summed E-state index contributed by atoms with van der Waals surface area (Å²) in [5.74, 6) is 2.03. The van der Waals surface area contributed by atoms with E-state index >= 15 is 0 Å². The molecule has 0 saturated carbocycles. The number of carbonyl (C=O) groups is 2. The molecule has 4 nitrogen and oxygen atoms in total. The minimum absolute atomic E-state index is 0.0944. The fourth-order valence-corrected chi connectivity index (χ4v) is 12.8. The van der Waals surface area contributed by atoms with Crippen LogP contribution in [0.5, 0.6) is 0 Å². The number of ether oxygens (including phenoxy) is 2. The van der Waals surface area contributed by atoms with Crippen molar-refractivity contribution in [1.29, 1.82) is 0 Å². The van der Waals surface area contributed by atoms with E-state index in [2.05, 4.69) is 54.2 Å². The van der Waals surface area contributed by atoms with Gasteiger partial charge in [0.05, 0.1) is 0 Å². The van der Waals surface area contributed by atoms with Gasteiger partial charge >= 0.3 is 238 Å². The Kier molecular flexibility index (Phi) is 22.7. The molecule has 0 aromatic carbocycles. The molecule has 2 atom stereocenters. The zero-order chi connectivity index (χ0) is 26.5. The van der Waals surface area contributed by atoms with Gasteiger partial charge in [-0.25, -0.2) is 0 Å². The Morgan fingerprint density at radius 2 is 1.34 bits per heavy atom. The first-order chi connectivity index (χ1) is 16.7. The summed E-state index contributed by atoms with van der Waals surface area (Å²) in [6.45, 7) is 14.2. The van der Waals surface area contributed by atoms with Crippen LogP contribution >= 0.6 is 24.4 Å². The van der Waals surface area contributed by atoms with E-state index in [0.717, 1.165) is 63.5 Å². The van der Waals surface area contributed by atoms with Crippen molar-refractivity contribution in [2.75, 3.05) is 19.0 Å². The molecule has 0 amide bonds. The standard InChI is InChI=1S/C18H35O2S.C10H19O2S.Sn/c1-5-7-13-17(21-15-8-6-2)18(19)20-14-11-9-10-12-16(3)4;1-9(2)6-4-3-5-7-12-10(11)8-13;/h16H,5-15H2,1-4H3;8-9,13H,3-7H2,1-2H3;. The molecular weight excluding hydrogens is 583 g/mol. The molecule has 0 heterocycles. The molecule has 0 bridgehead atoms. The third-order valence-corrected chi connectivity index (χ3v) is 14.5. The van der Waals surface area contributed by atoms with Gasteiger partial charge in [0.1, 0.15) is 0 Å². The summed E-state index contributed by atoms with van der Waals surface area (Å²) in [6, 6.07) is 0. The number of esters is 2. The number of carbonyl (C=O) groups excluding carboxylic acids is 2. The van der Waals surface area contributed by atoms with Gasteiger partial charge in [-0.1, -0.05) is 0 Å². The molecule has 0 spiro atoms. The summed E-state index contributed by atoms with van der Waals surface area (Å²) in [5.41, 5.74) is 0. The van der Waals surface area contributed by atoms with Gasteiger partial charge in [-0.3, -0.25) is 0 Å². The molecule has 0 aromatic heterocycles. The molecule has 0 aromatic rings. The normalized spacial score (nSPS) is 14.2. The molecule has 0 aliphatic heterocycles. The predicted octanol–water partition coefficient (Wildman–Crippen LogP) is 7.89. The second-order valence-corrected chi connectivity index (χ2v) is 19.7. The van der Waals surface area contributed by atoms with Gasteiger partial charge in [0, 0.05) is 0 Å². The number of thiol groups is 1. The maximum atomic E-state index is 13.5. The van der Waals surface area contributed by atoms with E-state index in [4.69, 9.17) is 9.47 Å². The third kappa shape index (κ3) is 18.4. The van der Waals surface area contributed by atoms with Gasteiger partial charge in [0.15, 0.2) is 0 Å². The van der Waals surface area contributed by atoms with Crippen LogP contribution < -0.4 is 0 Å². The number of thioether (sulfide) groups is 1. The van der Waals surface area contributed by atoms with Crippen molar-refractivity contribution >= 4 is 57.5 Å². The third-order valence-electron chi connectivity index (χ3n) is 5.98. The molecule has 0 N–H and O–H groups in total. The van der Waals surface area contributed by atoms with Crippen molar-refractivity contribution in [1.82, 2.24) is 0 Å². The van der Waals surface area contributed by atoms with Crippen LogP contribution in [0, 0.1) is 11.8 Å². The average molecular weight is 638 g/mol. The van der Waals surface area contributed by atoms with Gasteiger partial charge in [-0.05, 0) is 0 Å². The van der Waals surface area contributed by atoms with Crippen LogP contribution in [0.25, 0.3) is 0 Å². The predicted molar refractivity (Wildman–Crippen MR) is 157 cm³/mol. The van der Waals surface area contributed by atoms with Crippen molar-refractivity contribution in [3.63, 3.8) is 0 Å². The Bertz CT molecular complexity index is 545. The van der Waals surface area contributed by atoms with Gasteiger partial charge in [0.25, 0.3) is 0 Å². The summed E-state index contributed by atoms with van der Waals surface area (Å²) in [6.07, 6.45) is 13.7. The number of hydrogen-bond acceptors (Lipinski definition) is 6. The summed E-state index contributed by atoms with van der Waals surface area (Å²) in [4.78, 5) is 26.2. The van der Waals surface area contributed by atoms with Crippen LogP contribution in [0.2, 0.25) is 0 Å². The Morgan fingerprint density at radius 1 is 0.800 bits per heavy atom. The molecule has 0 aliphatic rings. The second kappa shape index (κ2) is 22.4. The van der Waals surface area contributed by atoms with E-state index in [0.29, 0.717) is 25.0 Å². The Balaban J connectivity index is 4.98. The summed E-state index contributed by atoms with van der Waals surface area (Å²) < 4.78 is 10.4. The van der Waals surface area contributed by atoms with Gasteiger partial charge < -0.3 is 0 Å². The molecular formula is C28H54O4S2Sn. The fourth-order valence-electron chi connectivity index (χ4n) is 3.70. The molecule has 206 valence electrons. The molecule has 2 radical (unpaired) electrons. The van der Waals surface area contributed by atoms with E-state index in [1.54, 1.807) is 11.8 Å². The van der Waals surface area contributed by atoms with Crippen molar-refractivity contribution in [3.05, 3.63) is 0 Å². The van der Waals surface area contributed by atoms with Crippen molar-refractivity contribution in [2.45, 2.75) is 131 Å². The molecule has 2 unspecified atom stereocenters. The Hall–Kier alpha value is 0.439. The Labute approximate surface area is 237 Å². The van der Waals surface area contributed by atoms with Crippen LogP contribution in [0.1, 0.15) is 125 Å². The fraction of sp³-hybridized carbons (Fsp3) is 0.929. The SMILES string of the molecule is CCCCS[C](CCCC)([Sn][CH](S)C(=O)OCCCCCC(C)C)C(=O)OCCCCCC(C)C. The molecule has 0 rings (SSSR count). The average Bonchev–Trinajstić information content (AvgIpc) is 2.81. The quantitative estimate of drug-likeness (QED) is 0.0535. The number of hydrogen-bond donors (Lipinski definition) is 1.